The summed E-state index contributed by atoms with van der Waals surface area (Å²) in [6.07, 6.45) is 4.66. The number of hydrogen-bond donors (Lipinski definition) is 1. The summed E-state index contributed by atoms with van der Waals surface area (Å²) in [4.78, 5) is 19.9. The number of aliphatic hydroxyl groups is 1. The summed E-state index contributed by atoms with van der Waals surface area (Å²) < 4.78 is 0. The summed E-state index contributed by atoms with van der Waals surface area (Å²) in [7, 11) is 0. The lowest BCUT2D eigenvalue weighted by molar-refractivity contribution is -0.150. The zero-order valence-corrected chi connectivity index (χ0v) is 16.4. The zero-order chi connectivity index (χ0) is 20.1. The van der Waals surface area contributed by atoms with Gasteiger partial charge in [-0.2, -0.15) is 0 Å². The number of carbonyl (C=O) groups excluding carboxylic acids is 1. The number of benzene rings is 2. The normalized spacial score (nSPS) is 17.1. The molecule has 1 amide bonds. The van der Waals surface area contributed by atoms with Crippen LogP contribution in [0.4, 0.5) is 0 Å². The number of pyridine rings is 1. The van der Waals surface area contributed by atoms with Crippen LogP contribution in [0.2, 0.25) is 0 Å². The molecule has 0 aliphatic carbocycles. The standard InChI is InChI=1S/C25H26N2O2/c28-24(27-17-9-10-20(19-27)18-23-15-7-8-16-26-23)25(29,21-11-3-1-4-12-21)22-13-5-2-6-14-22/h1-8,11-16,20,29H,9-10,17-19H2/t20-/m0/s1. The molecule has 1 atom stereocenters. The van der Waals surface area contributed by atoms with Gasteiger partial charge in [0.15, 0.2) is 5.60 Å². The highest BCUT2D eigenvalue weighted by atomic mass is 16.3. The van der Waals surface area contributed by atoms with E-state index < -0.39 is 5.60 Å². The Morgan fingerprint density at radius 3 is 2.17 bits per heavy atom. The van der Waals surface area contributed by atoms with Crippen LogP contribution in [0.15, 0.2) is 85.1 Å². The van der Waals surface area contributed by atoms with E-state index in [9.17, 15) is 9.90 Å². The minimum absolute atomic E-state index is 0.249. The molecule has 148 valence electrons. The van der Waals surface area contributed by atoms with Gasteiger partial charge in [-0.15, -0.1) is 0 Å². The van der Waals surface area contributed by atoms with Crippen LogP contribution in [-0.2, 0) is 16.8 Å². The Labute approximate surface area is 171 Å². The van der Waals surface area contributed by atoms with Gasteiger partial charge in [-0.05, 0) is 48.4 Å². The first-order valence-electron chi connectivity index (χ1n) is 10.2. The molecule has 29 heavy (non-hydrogen) atoms. The maximum Gasteiger partial charge on any atom is 0.263 e. The molecule has 4 rings (SSSR count). The maximum absolute atomic E-state index is 13.7. The Morgan fingerprint density at radius 1 is 0.966 bits per heavy atom. The van der Waals surface area contributed by atoms with Crippen LogP contribution in [-0.4, -0.2) is 34.0 Å². The number of amides is 1. The topological polar surface area (TPSA) is 53.4 Å². The largest absolute Gasteiger partial charge is 0.372 e. The molecule has 4 heteroatoms. The Bertz CT molecular complexity index is 889. The third kappa shape index (κ3) is 4.08. The monoisotopic (exact) mass is 386 g/mol. The second kappa shape index (κ2) is 8.58. The fraction of sp³-hybridized carbons (Fsp3) is 0.280. The van der Waals surface area contributed by atoms with Crippen LogP contribution >= 0.6 is 0 Å². The third-order valence-corrected chi connectivity index (χ3v) is 5.72. The Morgan fingerprint density at radius 2 is 1.59 bits per heavy atom. The molecule has 4 nitrogen and oxygen atoms in total. The molecule has 0 radical (unpaired) electrons. The van der Waals surface area contributed by atoms with E-state index in [0.29, 0.717) is 30.1 Å². The number of carbonyl (C=O) groups is 1. The summed E-state index contributed by atoms with van der Waals surface area (Å²) in [6, 6.07) is 24.4. The van der Waals surface area contributed by atoms with Crippen LogP contribution in [0.3, 0.4) is 0 Å². The highest BCUT2D eigenvalue weighted by molar-refractivity contribution is 5.90. The van der Waals surface area contributed by atoms with Gasteiger partial charge in [0.1, 0.15) is 0 Å². The van der Waals surface area contributed by atoms with Crippen molar-refractivity contribution in [2.45, 2.75) is 24.9 Å². The average molecular weight is 386 g/mol. The maximum atomic E-state index is 13.7. The molecule has 1 aliphatic rings. The predicted octanol–water partition coefficient (Wildman–Crippen LogP) is 3.80. The van der Waals surface area contributed by atoms with Crippen molar-refractivity contribution in [2.24, 2.45) is 5.92 Å². The second-order valence-corrected chi connectivity index (χ2v) is 7.73. The van der Waals surface area contributed by atoms with Gasteiger partial charge >= 0.3 is 0 Å². The van der Waals surface area contributed by atoms with E-state index in [2.05, 4.69) is 4.98 Å². The first-order valence-corrected chi connectivity index (χ1v) is 10.2. The summed E-state index contributed by atoms with van der Waals surface area (Å²) in [5.41, 5.74) is 0.564. The van der Waals surface area contributed by atoms with Crippen molar-refractivity contribution < 1.29 is 9.90 Å². The van der Waals surface area contributed by atoms with Crippen LogP contribution in [0.5, 0.6) is 0 Å². The van der Waals surface area contributed by atoms with Crippen LogP contribution in [0, 0.1) is 5.92 Å². The molecule has 1 aromatic heterocycles. The van der Waals surface area contributed by atoms with E-state index in [4.69, 9.17) is 0 Å². The number of likely N-dealkylation sites (tertiary alicyclic amines) is 1. The Kier molecular flexibility index (Phi) is 5.72. The van der Waals surface area contributed by atoms with E-state index in [1.54, 1.807) is 0 Å². The molecule has 1 aliphatic heterocycles. The molecular formula is C25H26N2O2. The van der Waals surface area contributed by atoms with Gasteiger partial charge in [-0.25, -0.2) is 0 Å². The SMILES string of the molecule is O=C(N1CCC[C@@H](Cc2ccccn2)C1)C(O)(c1ccccc1)c1ccccc1. The predicted molar refractivity (Wildman–Crippen MR) is 113 cm³/mol. The van der Waals surface area contributed by atoms with Gasteiger partial charge in [0.25, 0.3) is 5.91 Å². The second-order valence-electron chi connectivity index (χ2n) is 7.73. The van der Waals surface area contributed by atoms with Gasteiger partial charge in [0, 0.05) is 25.0 Å². The molecule has 0 saturated carbocycles. The number of rotatable bonds is 5. The minimum atomic E-state index is -1.69. The molecular weight excluding hydrogens is 360 g/mol. The lowest BCUT2D eigenvalue weighted by Gasteiger charge is -2.38. The van der Waals surface area contributed by atoms with E-state index in [0.717, 1.165) is 25.0 Å². The number of aromatic nitrogens is 1. The van der Waals surface area contributed by atoms with Crippen molar-refractivity contribution in [1.29, 1.82) is 0 Å². The van der Waals surface area contributed by atoms with Crippen molar-refractivity contribution in [3.05, 3.63) is 102 Å². The van der Waals surface area contributed by atoms with Gasteiger partial charge in [0.2, 0.25) is 0 Å². The smallest absolute Gasteiger partial charge is 0.263 e. The number of piperidine rings is 1. The third-order valence-electron chi connectivity index (χ3n) is 5.72. The highest BCUT2D eigenvalue weighted by Gasteiger charge is 2.43. The molecule has 1 fully saturated rings. The Balaban J connectivity index is 1.61. The van der Waals surface area contributed by atoms with Crippen molar-refractivity contribution in [3.63, 3.8) is 0 Å². The lowest BCUT2D eigenvalue weighted by Crippen LogP contribution is -2.51. The number of nitrogens with zero attached hydrogens (tertiary/aromatic N) is 2. The molecule has 3 aromatic rings. The number of hydrogen-bond acceptors (Lipinski definition) is 3. The van der Waals surface area contributed by atoms with Gasteiger partial charge in [-0.3, -0.25) is 9.78 Å². The summed E-state index contributed by atoms with van der Waals surface area (Å²) in [5, 5.41) is 11.7. The van der Waals surface area contributed by atoms with Gasteiger partial charge in [-0.1, -0.05) is 66.7 Å². The summed E-state index contributed by atoms with van der Waals surface area (Å²) >= 11 is 0. The van der Waals surface area contributed by atoms with Crippen molar-refractivity contribution in [2.75, 3.05) is 13.1 Å². The quantitative estimate of drug-likeness (QED) is 0.726. The van der Waals surface area contributed by atoms with E-state index in [1.807, 2.05) is 90.0 Å². The summed E-state index contributed by atoms with van der Waals surface area (Å²) in [5.74, 6) is 0.0963. The molecule has 1 saturated heterocycles. The van der Waals surface area contributed by atoms with Crippen LogP contribution < -0.4 is 0 Å². The van der Waals surface area contributed by atoms with Gasteiger partial charge in [0.05, 0.1) is 0 Å². The van der Waals surface area contributed by atoms with Crippen molar-refractivity contribution in [3.8, 4) is 0 Å². The van der Waals surface area contributed by atoms with Crippen LogP contribution in [0.1, 0.15) is 29.7 Å². The lowest BCUT2D eigenvalue weighted by atomic mass is 9.83. The fourth-order valence-corrected chi connectivity index (χ4v) is 4.23. The van der Waals surface area contributed by atoms with Crippen LogP contribution in [0.25, 0.3) is 0 Å². The van der Waals surface area contributed by atoms with E-state index in [1.165, 1.54) is 0 Å². The molecule has 0 unspecified atom stereocenters. The van der Waals surface area contributed by atoms with E-state index >= 15 is 0 Å². The minimum Gasteiger partial charge on any atom is -0.372 e. The molecule has 1 N–H and O–H groups in total. The first-order chi connectivity index (χ1) is 14.2. The molecule has 2 aromatic carbocycles. The van der Waals surface area contributed by atoms with Crippen molar-refractivity contribution in [1.82, 2.24) is 9.88 Å². The van der Waals surface area contributed by atoms with Gasteiger partial charge < -0.3 is 10.0 Å². The first kappa shape index (κ1) is 19.3. The van der Waals surface area contributed by atoms with Crippen molar-refractivity contribution >= 4 is 5.91 Å². The zero-order valence-electron chi connectivity index (χ0n) is 16.4. The highest BCUT2D eigenvalue weighted by Crippen LogP contribution is 2.33. The van der Waals surface area contributed by atoms with E-state index in [-0.39, 0.29) is 5.91 Å². The molecule has 0 bridgehead atoms. The fourth-order valence-electron chi connectivity index (χ4n) is 4.23. The summed E-state index contributed by atoms with van der Waals surface area (Å²) in [6.45, 7) is 1.30. The molecule has 0 spiro atoms. The molecule has 2 heterocycles. The average Bonchev–Trinajstić information content (AvgIpc) is 2.80. The Hall–Kier alpha value is -2.98.